The van der Waals surface area contributed by atoms with E-state index in [0.717, 1.165) is 28.2 Å². The first-order chi connectivity index (χ1) is 11.1. The molecule has 4 bridgehead atoms. The minimum Gasteiger partial charge on any atom is -0.349 e. The molecule has 1 unspecified atom stereocenters. The Morgan fingerprint density at radius 2 is 1.70 bits per heavy atom. The van der Waals surface area contributed by atoms with Crippen LogP contribution in [0.15, 0.2) is 29.2 Å². The average Bonchev–Trinajstić information content (AvgIpc) is 2.53. The van der Waals surface area contributed by atoms with Crippen LogP contribution in [0.25, 0.3) is 0 Å². The number of nitrogens with one attached hydrogen (secondary N) is 1. The molecule has 1 aromatic rings. The first-order valence-corrected chi connectivity index (χ1v) is 10.3. The molecule has 4 aliphatic rings. The van der Waals surface area contributed by atoms with Crippen LogP contribution in [-0.2, 0) is 0 Å². The lowest BCUT2D eigenvalue weighted by atomic mass is 9.48. The molecule has 0 saturated heterocycles. The second-order valence-corrected chi connectivity index (χ2v) is 9.02. The molecule has 23 heavy (non-hydrogen) atoms. The van der Waals surface area contributed by atoms with Gasteiger partial charge in [-0.05, 0) is 87.0 Å². The van der Waals surface area contributed by atoms with Gasteiger partial charge in [-0.15, -0.1) is 11.8 Å². The summed E-state index contributed by atoms with van der Waals surface area (Å²) in [6.07, 6.45) is 10.4. The number of hydrogen-bond acceptors (Lipinski definition) is 2. The van der Waals surface area contributed by atoms with Gasteiger partial charge >= 0.3 is 0 Å². The minimum absolute atomic E-state index is 0.109. The second kappa shape index (κ2) is 5.84. The largest absolute Gasteiger partial charge is 0.349 e. The van der Waals surface area contributed by atoms with Gasteiger partial charge in [0, 0.05) is 10.9 Å². The maximum Gasteiger partial charge on any atom is 0.252 e. The molecule has 4 saturated carbocycles. The summed E-state index contributed by atoms with van der Waals surface area (Å²) in [5.74, 6) is 2.90. The van der Waals surface area contributed by atoms with Gasteiger partial charge in [0.2, 0.25) is 0 Å². The summed E-state index contributed by atoms with van der Waals surface area (Å²) in [5.41, 5.74) is 1.20. The Hall–Kier alpha value is -0.960. The van der Waals surface area contributed by atoms with E-state index in [4.69, 9.17) is 0 Å². The normalized spacial score (nSPS) is 36.0. The zero-order valence-corrected chi connectivity index (χ0v) is 15.0. The monoisotopic (exact) mass is 329 g/mol. The smallest absolute Gasteiger partial charge is 0.252 e. The molecule has 0 aliphatic heterocycles. The summed E-state index contributed by atoms with van der Waals surface area (Å²) < 4.78 is 0. The molecule has 1 amide bonds. The lowest BCUT2D eigenvalue weighted by Crippen LogP contribution is -2.55. The highest BCUT2D eigenvalue weighted by molar-refractivity contribution is 7.98. The molecule has 124 valence electrons. The number of carbonyl (C=O) groups is 1. The van der Waals surface area contributed by atoms with E-state index in [1.54, 1.807) is 11.8 Å². The van der Waals surface area contributed by atoms with Crippen molar-refractivity contribution >= 4 is 17.7 Å². The van der Waals surface area contributed by atoms with Crippen molar-refractivity contribution in [3.05, 3.63) is 29.8 Å². The van der Waals surface area contributed by atoms with Gasteiger partial charge in [0.25, 0.3) is 5.91 Å². The van der Waals surface area contributed by atoms with Crippen LogP contribution in [0.5, 0.6) is 0 Å². The van der Waals surface area contributed by atoms with E-state index in [1.807, 2.05) is 30.5 Å². The van der Waals surface area contributed by atoms with E-state index in [9.17, 15) is 4.79 Å². The molecule has 3 heteroatoms. The first kappa shape index (κ1) is 15.6. The van der Waals surface area contributed by atoms with Gasteiger partial charge in [-0.25, -0.2) is 0 Å². The molecule has 0 aromatic heterocycles. The Morgan fingerprint density at radius 1 is 1.13 bits per heavy atom. The van der Waals surface area contributed by atoms with E-state index in [2.05, 4.69) is 12.2 Å². The highest BCUT2D eigenvalue weighted by Crippen LogP contribution is 2.61. The van der Waals surface area contributed by atoms with Crippen LogP contribution < -0.4 is 5.32 Å². The van der Waals surface area contributed by atoms with E-state index >= 15 is 0 Å². The Bertz CT molecular complexity index is 576. The molecule has 1 N–H and O–H groups in total. The summed E-state index contributed by atoms with van der Waals surface area (Å²) in [5, 5.41) is 3.38. The Balaban J connectivity index is 1.51. The molecule has 1 aromatic carbocycles. The molecule has 4 aliphatic carbocycles. The fraction of sp³-hybridized carbons (Fsp3) is 0.650. The number of rotatable bonds is 4. The van der Waals surface area contributed by atoms with Gasteiger partial charge in [0.1, 0.15) is 0 Å². The third-order valence-corrected chi connectivity index (χ3v) is 7.50. The Kier molecular flexibility index (Phi) is 3.95. The van der Waals surface area contributed by atoms with Crippen molar-refractivity contribution in [2.24, 2.45) is 23.2 Å². The van der Waals surface area contributed by atoms with Crippen molar-refractivity contribution in [3.63, 3.8) is 0 Å². The van der Waals surface area contributed by atoms with Gasteiger partial charge in [-0.1, -0.05) is 12.1 Å². The summed E-state index contributed by atoms with van der Waals surface area (Å²) >= 11 is 1.65. The highest BCUT2D eigenvalue weighted by atomic mass is 32.2. The van der Waals surface area contributed by atoms with Gasteiger partial charge in [-0.2, -0.15) is 0 Å². The second-order valence-electron chi connectivity index (χ2n) is 8.18. The lowest BCUT2D eigenvalue weighted by Gasteiger charge is -2.59. The van der Waals surface area contributed by atoms with Crippen LogP contribution >= 0.6 is 11.8 Å². The number of hydrogen-bond donors (Lipinski definition) is 1. The van der Waals surface area contributed by atoms with Crippen LogP contribution in [0.3, 0.4) is 0 Å². The summed E-state index contributed by atoms with van der Waals surface area (Å²) in [6, 6.07) is 8.25. The van der Waals surface area contributed by atoms with Crippen LogP contribution in [0, 0.1) is 23.2 Å². The fourth-order valence-corrected chi connectivity index (χ4v) is 6.56. The van der Waals surface area contributed by atoms with Crippen molar-refractivity contribution < 1.29 is 4.79 Å². The van der Waals surface area contributed by atoms with Gasteiger partial charge < -0.3 is 5.32 Å². The van der Waals surface area contributed by atoms with Crippen LogP contribution in [0.1, 0.15) is 55.8 Å². The SMILES string of the molecule is CSc1ccccc1C(=O)NC(C)C12CC3CC(CC(C3)C1)C2. The van der Waals surface area contributed by atoms with E-state index < -0.39 is 0 Å². The molecular formula is C20H27NOS. The molecular weight excluding hydrogens is 302 g/mol. The van der Waals surface area contributed by atoms with Crippen molar-refractivity contribution in [3.8, 4) is 0 Å². The number of benzene rings is 1. The zero-order valence-electron chi connectivity index (χ0n) is 14.2. The van der Waals surface area contributed by atoms with E-state index in [0.29, 0.717) is 11.5 Å². The molecule has 4 fully saturated rings. The Labute approximate surface area is 143 Å². The first-order valence-electron chi connectivity index (χ1n) is 9.03. The molecule has 5 rings (SSSR count). The van der Waals surface area contributed by atoms with Crippen molar-refractivity contribution in [2.45, 2.75) is 56.4 Å². The van der Waals surface area contributed by atoms with E-state index in [-0.39, 0.29) is 5.91 Å². The van der Waals surface area contributed by atoms with Gasteiger partial charge in [0.05, 0.1) is 5.56 Å². The number of carbonyl (C=O) groups excluding carboxylic acids is 1. The predicted molar refractivity (Wildman–Crippen MR) is 95.8 cm³/mol. The van der Waals surface area contributed by atoms with Crippen LogP contribution in [-0.4, -0.2) is 18.2 Å². The molecule has 0 spiro atoms. The highest BCUT2D eigenvalue weighted by Gasteiger charge is 2.53. The standard InChI is InChI=1S/C20H27NOS/c1-13(21-19(22)17-5-3-4-6-18(17)23-2)20-10-14-7-15(11-20)9-16(8-14)12-20/h3-6,13-16H,7-12H2,1-2H3,(H,21,22). The molecule has 2 nitrogen and oxygen atoms in total. The van der Waals surface area contributed by atoms with Crippen molar-refractivity contribution in [1.29, 1.82) is 0 Å². The maximum atomic E-state index is 12.8. The number of amides is 1. The molecule has 0 radical (unpaired) electrons. The fourth-order valence-electron chi connectivity index (χ4n) is 5.97. The van der Waals surface area contributed by atoms with Gasteiger partial charge in [0.15, 0.2) is 0 Å². The lowest BCUT2D eigenvalue weighted by molar-refractivity contribution is -0.0688. The number of thioether (sulfide) groups is 1. The summed E-state index contributed by atoms with van der Waals surface area (Å²) in [7, 11) is 0. The third-order valence-electron chi connectivity index (χ3n) is 6.70. The quantitative estimate of drug-likeness (QED) is 0.808. The summed E-state index contributed by atoms with van der Waals surface area (Å²) in [4.78, 5) is 13.9. The van der Waals surface area contributed by atoms with Crippen LogP contribution in [0.4, 0.5) is 0 Å². The predicted octanol–water partition coefficient (Wildman–Crippen LogP) is 4.74. The molecule has 1 atom stereocenters. The van der Waals surface area contributed by atoms with E-state index in [1.165, 1.54) is 38.5 Å². The maximum absolute atomic E-state index is 12.8. The average molecular weight is 330 g/mol. The minimum atomic E-state index is 0.109. The van der Waals surface area contributed by atoms with Crippen molar-refractivity contribution in [1.82, 2.24) is 5.32 Å². The van der Waals surface area contributed by atoms with Crippen LogP contribution in [0.2, 0.25) is 0 Å². The summed E-state index contributed by atoms with van der Waals surface area (Å²) in [6.45, 7) is 2.26. The van der Waals surface area contributed by atoms with Gasteiger partial charge in [-0.3, -0.25) is 4.79 Å². The zero-order chi connectivity index (χ0) is 16.0. The third kappa shape index (κ3) is 2.71. The topological polar surface area (TPSA) is 29.1 Å². The van der Waals surface area contributed by atoms with Crippen molar-refractivity contribution in [2.75, 3.05) is 6.26 Å². The molecule has 0 heterocycles. The Morgan fingerprint density at radius 3 is 2.26 bits per heavy atom.